The third-order valence-electron chi connectivity index (χ3n) is 4.03. The van der Waals surface area contributed by atoms with E-state index in [-0.39, 0.29) is 0 Å². The average Bonchev–Trinajstić information content (AvgIpc) is 2.59. The largest absolute Gasteiger partial charge is 0.342 e. The molecule has 0 radical (unpaired) electrons. The molecule has 1 aliphatic rings. The Morgan fingerprint density at radius 2 is 1.83 bits per heavy atom. The van der Waals surface area contributed by atoms with Gasteiger partial charge >= 0.3 is 0 Å². The number of aromatic nitrogens is 3. The normalized spacial score (nSPS) is 14.7. The van der Waals surface area contributed by atoms with E-state index in [0.717, 1.165) is 23.2 Å². The van der Waals surface area contributed by atoms with E-state index in [1.807, 2.05) is 11.0 Å². The predicted molar refractivity (Wildman–Crippen MR) is 88.9 cm³/mol. The van der Waals surface area contributed by atoms with Gasteiger partial charge in [-0.1, -0.05) is 18.2 Å². The van der Waals surface area contributed by atoms with Crippen molar-refractivity contribution in [2.45, 2.75) is 13.8 Å². The van der Waals surface area contributed by atoms with Crippen molar-refractivity contribution in [2.24, 2.45) is 0 Å². The molecule has 1 amide bonds. The molecule has 120 valence electrons. The number of anilines is 3. The average molecular weight is 312 g/mol. The number of hydrogen-bond acceptors (Lipinski definition) is 6. The van der Waals surface area contributed by atoms with Crippen molar-refractivity contribution < 1.29 is 4.79 Å². The summed E-state index contributed by atoms with van der Waals surface area (Å²) in [6, 6.07) is 6.15. The first-order chi connectivity index (χ1) is 11.2. The second-order valence-electron chi connectivity index (χ2n) is 5.66. The monoisotopic (exact) mass is 312 g/mol. The van der Waals surface area contributed by atoms with E-state index in [0.29, 0.717) is 37.9 Å². The van der Waals surface area contributed by atoms with Crippen molar-refractivity contribution in [3.8, 4) is 0 Å². The molecule has 0 saturated carbocycles. The number of nitrogens with one attached hydrogen (secondary N) is 1. The minimum Gasteiger partial charge on any atom is -0.342 e. The van der Waals surface area contributed by atoms with Crippen LogP contribution in [0.25, 0.3) is 0 Å². The van der Waals surface area contributed by atoms with Gasteiger partial charge in [-0.2, -0.15) is 10.1 Å². The SMILES string of the molecule is Cc1cccc(C)c1Nc1cnnc(N2CCN(C=O)CC2)n1. The van der Waals surface area contributed by atoms with Gasteiger partial charge in [0.1, 0.15) is 0 Å². The Balaban J connectivity index is 1.77. The molecule has 1 fully saturated rings. The van der Waals surface area contributed by atoms with Gasteiger partial charge in [-0.25, -0.2) is 0 Å². The van der Waals surface area contributed by atoms with E-state index in [2.05, 4.69) is 46.5 Å². The lowest BCUT2D eigenvalue weighted by Crippen LogP contribution is -2.46. The maximum Gasteiger partial charge on any atom is 0.247 e. The van der Waals surface area contributed by atoms with Crippen LogP contribution in [-0.2, 0) is 4.79 Å². The first-order valence-electron chi connectivity index (χ1n) is 7.64. The lowest BCUT2D eigenvalue weighted by Gasteiger charge is -2.32. The van der Waals surface area contributed by atoms with Gasteiger partial charge in [0, 0.05) is 31.9 Å². The highest BCUT2D eigenvalue weighted by atomic mass is 16.1. The maximum absolute atomic E-state index is 10.8. The molecule has 2 aromatic rings. The summed E-state index contributed by atoms with van der Waals surface area (Å²) in [6.45, 7) is 6.91. The van der Waals surface area contributed by atoms with Gasteiger partial charge in [-0.3, -0.25) is 4.79 Å². The minimum absolute atomic E-state index is 0.590. The van der Waals surface area contributed by atoms with Gasteiger partial charge in [0.25, 0.3) is 0 Å². The fraction of sp³-hybridized carbons (Fsp3) is 0.375. The number of aryl methyl sites for hydroxylation is 2. The summed E-state index contributed by atoms with van der Waals surface area (Å²) in [4.78, 5) is 19.1. The Morgan fingerprint density at radius 1 is 1.13 bits per heavy atom. The highest BCUT2D eigenvalue weighted by molar-refractivity contribution is 5.64. The molecule has 0 atom stereocenters. The molecule has 7 heteroatoms. The van der Waals surface area contributed by atoms with Gasteiger partial charge in [0.15, 0.2) is 5.82 Å². The van der Waals surface area contributed by atoms with Crippen LogP contribution in [0.4, 0.5) is 17.5 Å². The summed E-state index contributed by atoms with van der Waals surface area (Å²) in [5.41, 5.74) is 3.36. The number of carbonyl (C=O) groups is 1. The van der Waals surface area contributed by atoms with Gasteiger partial charge in [0.05, 0.1) is 6.20 Å². The highest BCUT2D eigenvalue weighted by Gasteiger charge is 2.18. The highest BCUT2D eigenvalue weighted by Crippen LogP contribution is 2.23. The van der Waals surface area contributed by atoms with Gasteiger partial charge in [-0.15, -0.1) is 5.10 Å². The first-order valence-corrected chi connectivity index (χ1v) is 7.64. The molecule has 7 nitrogen and oxygen atoms in total. The third-order valence-corrected chi connectivity index (χ3v) is 4.03. The molecule has 1 aromatic carbocycles. The molecule has 1 N–H and O–H groups in total. The second-order valence-corrected chi connectivity index (χ2v) is 5.66. The summed E-state index contributed by atoms with van der Waals surface area (Å²) in [6.07, 6.45) is 2.51. The van der Waals surface area contributed by atoms with E-state index in [9.17, 15) is 4.79 Å². The van der Waals surface area contributed by atoms with Gasteiger partial charge in [0.2, 0.25) is 12.4 Å². The Morgan fingerprint density at radius 3 is 2.48 bits per heavy atom. The smallest absolute Gasteiger partial charge is 0.247 e. The van der Waals surface area contributed by atoms with E-state index >= 15 is 0 Å². The lowest BCUT2D eigenvalue weighted by molar-refractivity contribution is -0.118. The number of para-hydroxylation sites is 1. The van der Waals surface area contributed by atoms with Crippen LogP contribution in [0.5, 0.6) is 0 Å². The van der Waals surface area contributed by atoms with Crippen molar-refractivity contribution in [3.63, 3.8) is 0 Å². The first kappa shape index (κ1) is 15.2. The van der Waals surface area contributed by atoms with E-state index in [4.69, 9.17) is 0 Å². The zero-order valence-corrected chi connectivity index (χ0v) is 13.4. The topological polar surface area (TPSA) is 74.2 Å². The molecule has 1 aliphatic heterocycles. The van der Waals surface area contributed by atoms with Crippen LogP contribution < -0.4 is 10.2 Å². The van der Waals surface area contributed by atoms with Crippen LogP contribution in [0, 0.1) is 13.8 Å². The zero-order chi connectivity index (χ0) is 16.2. The van der Waals surface area contributed by atoms with E-state index in [1.54, 1.807) is 11.1 Å². The standard InChI is InChI=1S/C16H20N6O/c1-12-4-3-5-13(2)15(12)18-14-10-17-20-16(19-14)22-8-6-21(11-23)7-9-22/h3-5,10-11H,6-9H2,1-2H3,(H,18,19,20). The Kier molecular flexibility index (Phi) is 4.36. The van der Waals surface area contributed by atoms with Crippen molar-refractivity contribution in [3.05, 3.63) is 35.5 Å². The van der Waals surface area contributed by atoms with E-state index < -0.39 is 0 Å². The van der Waals surface area contributed by atoms with Gasteiger partial charge in [-0.05, 0) is 25.0 Å². The number of carbonyl (C=O) groups excluding carboxylic acids is 1. The summed E-state index contributed by atoms with van der Waals surface area (Å²) >= 11 is 0. The molecule has 1 aromatic heterocycles. The van der Waals surface area contributed by atoms with Crippen molar-refractivity contribution in [2.75, 3.05) is 36.4 Å². The molecule has 23 heavy (non-hydrogen) atoms. The number of amides is 1. The molecule has 0 spiro atoms. The van der Waals surface area contributed by atoms with Crippen LogP contribution in [0.3, 0.4) is 0 Å². The number of hydrogen-bond donors (Lipinski definition) is 1. The molecule has 0 bridgehead atoms. The van der Waals surface area contributed by atoms with Gasteiger partial charge < -0.3 is 15.1 Å². The molecule has 2 heterocycles. The lowest BCUT2D eigenvalue weighted by atomic mass is 10.1. The van der Waals surface area contributed by atoms with Crippen molar-refractivity contribution >= 4 is 23.9 Å². The van der Waals surface area contributed by atoms with Crippen molar-refractivity contribution in [1.29, 1.82) is 0 Å². The summed E-state index contributed by atoms with van der Waals surface area (Å²) < 4.78 is 0. The summed E-state index contributed by atoms with van der Waals surface area (Å²) in [5.74, 6) is 1.26. The quantitative estimate of drug-likeness (QED) is 0.863. The molecule has 0 unspecified atom stereocenters. The predicted octanol–water partition coefficient (Wildman–Crippen LogP) is 1.51. The number of rotatable bonds is 4. The van der Waals surface area contributed by atoms with Crippen LogP contribution in [0.15, 0.2) is 24.4 Å². The fourth-order valence-corrected chi connectivity index (χ4v) is 2.66. The summed E-state index contributed by atoms with van der Waals surface area (Å²) in [7, 11) is 0. The number of piperazine rings is 1. The van der Waals surface area contributed by atoms with Crippen LogP contribution in [0.2, 0.25) is 0 Å². The Hall–Kier alpha value is -2.70. The molecule has 3 rings (SSSR count). The van der Waals surface area contributed by atoms with Crippen molar-refractivity contribution in [1.82, 2.24) is 20.1 Å². The second kappa shape index (κ2) is 6.60. The maximum atomic E-state index is 10.8. The zero-order valence-electron chi connectivity index (χ0n) is 13.4. The molecule has 0 aliphatic carbocycles. The minimum atomic E-state index is 0.590. The molecular weight excluding hydrogens is 292 g/mol. The number of benzene rings is 1. The number of nitrogens with zero attached hydrogens (tertiary/aromatic N) is 5. The van der Waals surface area contributed by atoms with E-state index in [1.165, 1.54) is 0 Å². The van der Waals surface area contributed by atoms with Crippen LogP contribution in [-0.4, -0.2) is 52.7 Å². The summed E-state index contributed by atoms with van der Waals surface area (Å²) in [5, 5.41) is 11.5. The Bertz CT molecular complexity index is 676. The van der Waals surface area contributed by atoms with Crippen LogP contribution in [0.1, 0.15) is 11.1 Å². The third kappa shape index (κ3) is 3.39. The molecular formula is C16H20N6O. The fourth-order valence-electron chi connectivity index (χ4n) is 2.66. The van der Waals surface area contributed by atoms with Crippen LogP contribution >= 0.6 is 0 Å². The molecule has 1 saturated heterocycles. The Labute approximate surface area is 135 Å².